The fraction of sp³-hybridized carbons (Fsp3) is 0.333. The molecule has 0 fully saturated rings. The molecule has 1 unspecified atom stereocenters. The monoisotopic (exact) mass is 285 g/mol. The van der Waals surface area contributed by atoms with E-state index >= 15 is 0 Å². The van der Waals surface area contributed by atoms with Gasteiger partial charge in [0.05, 0.1) is 0 Å². The van der Waals surface area contributed by atoms with Gasteiger partial charge < -0.3 is 5.32 Å². The maximum absolute atomic E-state index is 3.45. The summed E-state index contributed by atoms with van der Waals surface area (Å²) in [5, 5.41) is 3.45. The predicted octanol–water partition coefficient (Wildman–Crippen LogP) is 4.23. The first kappa shape index (κ1) is 15.1. The molecule has 2 heteroatoms. The van der Waals surface area contributed by atoms with Crippen LogP contribution in [0.4, 0.5) is 0 Å². The first-order chi connectivity index (χ1) is 9.70. The molecular weight excluding hydrogens is 262 g/mol. The Morgan fingerprint density at radius 3 is 2.20 bits per heavy atom. The van der Waals surface area contributed by atoms with Crippen LogP contribution in [0.1, 0.15) is 16.7 Å². The quantitative estimate of drug-likeness (QED) is 0.797. The van der Waals surface area contributed by atoms with Crippen molar-refractivity contribution in [2.24, 2.45) is 0 Å². The molecule has 0 bridgehead atoms. The summed E-state index contributed by atoms with van der Waals surface area (Å²) in [6.07, 6.45) is 1.09. The summed E-state index contributed by atoms with van der Waals surface area (Å²) >= 11 is 1.92. The molecule has 0 saturated heterocycles. The molecule has 0 spiro atoms. The first-order valence-corrected chi connectivity index (χ1v) is 8.09. The molecule has 0 amide bonds. The Hall–Kier alpha value is -1.25. The van der Waals surface area contributed by atoms with Gasteiger partial charge in [-0.15, -0.1) is 11.8 Å². The number of hydrogen-bond acceptors (Lipinski definition) is 2. The number of thioether (sulfide) groups is 1. The highest BCUT2D eigenvalue weighted by Crippen LogP contribution is 2.21. The van der Waals surface area contributed by atoms with E-state index in [4.69, 9.17) is 0 Å². The number of nitrogens with one attached hydrogen (secondary N) is 1. The van der Waals surface area contributed by atoms with Gasteiger partial charge in [0.2, 0.25) is 0 Å². The fourth-order valence-corrected chi connectivity index (χ4v) is 3.40. The van der Waals surface area contributed by atoms with Gasteiger partial charge in [-0.25, -0.2) is 0 Å². The Labute approximate surface area is 126 Å². The molecule has 1 nitrogen and oxygen atoms in total. The second kappa shape index (κ2) is 7.51. The average Bonchev–Trinajstić information content (AvgIpc) is 2.47. The number of rotatable bonds is 6. The zero-order valence-corrected chi connectivity index (χ0v) is 13.3. The second-order valence-electron chi connectivity index (χ2n) is 5.18. The van der Waals surface area contributed by atoms with Gasteiger partial charge in [0.25, 0.3) is 0 Å². The van der Waals surface area contributed by atoms with Gasteiger partial charge in [-0.1, -0.05) is 36.4 Å². The molecule has 0 aliphatic carbocycles. The maximum Gasteiger partial charge on any atom is 0.0199 e. The number of hydrogen-bond donors (Lipinski definition) is 1. The Morgan fingerprint density at radius 1 is 0.950 bits per heavy atom. The lowest BCUT2D eigenvalue weighted by Gasteiger charge is -2.19. The van der Waals surface area contributed by atoms with Gasteiger partial charge in [0, 0.05) is 16.7 Å². The lowest BCUT2D eigenvalue weighted by Crippen LogP contribution is -2.30. The predicted molar refractivity (Wildman–Crippen MR) is 89.6 cm³/mol. The third-order valence-electron chi connectivity index (χ3n) is 3.70. The summed E-state index contributed by atoms with van der Waals surface area (Å²) in [5.74, 6) is 1.09. The van der Waals surface area contributed by atoms with Gasteiger partial charge in [0.1, 0.15) is 0 Å². The van der Waals surface area contributed by atoms with Crippen molar-refractivity contribution in [3.05, 3.63) is 65.2 Å². The van der Waals surface area contributed by atoms with Crippen LogP contribution >= 0.6 is 11.8 Å². The molecule has 0 heterocycles. The van der Waals surface area contributed by atoms with Crippen molar-refractivity contribution in [2.75, 3.05) is 12.8 Å². The second-order valence-corrected chi connectivity index (χ2v) is 6.28. The largest absolute Gasteiger partial charge is 0.316 e. The molecule has 2 rings (SSSR count). The third kappa shape index (κ3) is 4.12. The summed E-state index contributed by atoms with van der Waals surface area (Å²) in [4.78, 5) is 1.34. The zero-order chi connectivity index (χ0) is 14.4. The topological polar surface area (TPSA) is 12.0 Å². The van der Waals surface area contributed by atoms with Crippen LogP contribution in [0.15, 0.2) is 53.4 Å². The Morgan fingerprint density at radius 2 is 1.60 bits per heavy atom. The van der Waals surface area contributed by atoms with E-state index in [1.165, 1.54) is 21.6 Å². The molecule has 2 aromatic rings. The molecule has 0 aliphatic heterocycles. The van der Waals surface area contributed by atoms with Gasteiger partial charge in [-0.2, -0.15) is 0 Å². The van der Waals surface area contributed by atoms with Crippen LogP contribution < -0.4 is 5.32 Å². The fourth-order valence-electron chi connectivity index (χ4n) is 2.38. The number of likely N-dealkylation sites (N-methyl/N-ethyl adjacent to an activating group) is 1. The standard InChI is InChI=1S/C18H23NS/c1-14-8-7-9-15(2)18(14)12-16(19-3)13-20-17-10-5-4-6-11-17/h4-11,16,19H,12-13H2,1-3H3. The molecule has 2 aromatic carbocycles. The minimum Gasteiger partial charge on any atom is -0.316 e. The summed E-state index contributed by atoms with van der Waals surface area (Å²) in [6, 6.07) is 17.7. The Balaban J connectivity index is 1.99. The highest BCUT2D eigenvalue weighted by atomic mass is 32.2. The SMILES string of the molecule is CNC(CSc1ccccc1)Cc1c(C)cccc1C. The van der Waals surface area contributed by atoms with Crippen LogP contribution in [0, 0.1) is 13.8 Å². The normalized spacial score (nSPS) is 12.3. The van der Waals surface area contributed by atoms with Crippen LogP contribution in [0.25, 0.3) is 0 Å². The van der Waals surface area contributed by atoms with E-state index < -0.39 is 0 Å². The molecule has 106 valence electrons. The van der Waals surface area contributed by atoms with Crippen molar-refractivity contribution >= 4 is 11.8 Å². The number of aryl methyl sites for hydroxylation is 2. The van der Waals surface area contributed by atoms with E-state index in [9.17, 15) is 0 Å². The summed E-state index contributed by atoms with van der Waals surface area (Å²) in [6.45, 7) is 4.42. The highest BCUT2D eigenvalue weighted by molar-refractivity contribution is 7.99. The van der Waals surface area contributed by atoms with E-state index in [0.717, 1.165) is 12.2 Å². The van der Waals surface area contributed by atoms with Crippen molar-refractivity contribution in [3.8, 4) is 0 Å². The summed E-state index contributed by atoms with van der Waals surface area (Å²) in [7, 11) is 2.06. The Kier molecular flexibility index (Phi) is 5.69. The first-order valence-electron chi connectivity index (χ1n) is 7.11. The van der Waals surface area contributed by atoms with Crippen LogP contribution in [0.2, 0.25) is 0 Å². The smallest absolute Gasteiger partial charge is 0.0199 e. The summed E-state index contributed by atoms with van der Waals surface area (Å²) < 4.78 is 0. The van der Waals surface area contributed by atoms with Gasteiger partial charge in [-0.3, -0.25) is 0 Å². The molecular formula is C18H23NS. The lowest BCUT2D eigenvalue weighted by molar-refractivity contribution is 0.614. The molecule has 0 aromatic heterocycles. The molecule has 0 aliphatic rings. The van der Waals surface area contributed by atoms with Crippen molar-refractivity contribution in [1.29, 1.82) is 0 Å². The molecule has 1 N–H and O–H groups in total. The molecule has 1 atom stereocenters. The van der Waals surface area contributed by atoms with Crippen molar-refractivity contribution in [1.82, 2.24) is 5.32 Å². The van der Waals surface area contributed by atoms with E-state index in [1.54, 1.807) is 0 Å². The van der Waals surface area contributed by atoms with Crippen molar-refractivity contribution < 1.29 is 0 Å². The zero-order valence-electron chi connectivity index (χ0n) is 12.5. The van der Waals surface area contributed by atoms with Gasteiger partial charge in [-0.05, 0) is 56.1 Å². The van der Waals surface area contributed by atoms with Crippen LogP contribution in [0.3, 0.4) is 0 Å². The average molecular weight is 285 g/mol. The van der Waals surface area contributed by atoms with Crippen molar-refractivity contribution in [2.45, 2.75) is 31.2 Å². The minimum atomic E-state index is 0.500. The van der Waals surface area contributed by atoms with Crippen LogP contribution in [-0.2, 0) is 6.42 Å². The van der Waals surface area contributed by atoms with Crippen LogP contribution in [0.5, 0.6) is 0 Å². The van der Waals surface area contributed by atoms with Crippen molar-refractivity contribution in [3.63, 3.8) is 0 Å². The van der Waals surface area contributed by atoms with E-state index in [1.807, 2.05) is 11.8 Å². The van der Waals surface area contributed by atoms with E-state index in [-0.39, 0.29) is 0 Å². The maximum atomic E-state index is 3.45. The molecule has 20 heavy (non-hydrogen) atoms. The number of benzene rings is 2. The molecule has 0 saturated carbocycles. The van der Waals surface area contributed by atoms with E-state index in [2.05, 4.69) is 74.7 Å². The van der Waals surface area contributed by atoms with Crippen LogP contribution in [-0.4, -0.2) is 18.8 Å². The molecule has 0 radical (unpaired) electrons. The Bertz CT molecular complexity index is 516. The summed E-state index contributed by atoms with van der Waals surface area (Å²) in [5.41, 5.74) is 4.28. The minimum absolute atomic E-state index is 0.500. The van der Waals surface area contributed by atoms with Gasteiger partial charge >= 0.3 is 0 Å². The highest BCUT2D eigenvalue weighted by Gasteiger charge is 2.11. The van der Waals surface area contributed by atoms with Gasteiger partial charge in [0.15, 0.2) is 0 Å². The third-order valence-corrected chi connectivity index (χ3v) is 4.87. The lowest BCUT2D eigenvalue weighted by atomic mass is 9.97. The van der Waals surface area contributed by atoms with E-state index in [0.29, 0.717) is 6.04 Å².